The van der Waals surface area contributed by atoms with Crippen molar-refractivity contribution in [1.29, 1.82) is 0 Å². The van der Waals surface area contributed by atoms with Gasteiger partial charge in [0.1, 0.15) is 0 Å². The summed E-state index contributed by atoms with van der Waals surface area (Å²) in [6.07, 6.45) is 3.31. The minimum Gasteiger partial charge on any atom is -0.308 e. The summed E-state index contributed by atoms with van der Waals surface area (Å²) in [5.41, 5.74) is 1.04. The van der Waals surface area contributed by atoms with Crippen LogP contribution < -0.4 is 4.90 Å². The fourth-order valence-electron chi connectivity index (χ4n) is 2.76. The first-order valence-corrected chi connectivity index (χ1v) is 6.14. The lowest BCUT2D eigenvalue weighted by Crippen LogP contribution is -2.37. The van der Waals surface area contributed by atoms with Crippen LogP contribution in [-0.2, 0) is 4.79 Å². The predicted molar refractivity (Wildman–Crippen MR) is 62.8 cm³/mol. The zero-order valence-corrected chi connectivity index (χ0v) is 9.90. The summed E-state index contributed by atoms with van der Waals surface area (Å²) in [4.78, 5) is 14.0. The van der Waals surface area contributed by atoms with Gasteiger partial charge in [0, 0.05) is 16.4 Å². The van der Waals surface area contributed by atoms with Gasteiger partial charge in [0.25, 0.3) is 0 Å². The summed E-state index contributed by atoms with van der Waals surface area (Å²) >= 11 is 3.51. The number of nitrogens with zero attached hydrogens (tertiary/aromatic N) is 1. The first-order valence-electron chi connectivity index (χ1n) is 5.35. The van der Waals surface area contributed by atoms with Crippen molar-refractivity contribution < 1.29 is 4.79 Å². The molecule has 1 aromatic rings. The number of piperidine rings is 1. The van der Waals surface area contributed by atoms with E-state index in [4.69, 9.17) is 0 Å². The van der Waals surface area contributed by atoms with E-state index in [9.17, 15) is 4.79 Å². The second kappa shape index (κ2) is 3.34. The molecule has 1 saturated carbocycles. The van der Waals surface area contributed by atoms with E-state index in [0.717, 1.165) is 29.4 Å². The van der Waals surface area contributed by atoms with E-state index in [-0.39, 0.29) is 0 Å². The molecule has 3 heteroatoms. The highest BCUT2D eigenvalue weighted by Gasteiger charge is 2.45. The molecule has 1 heterocycles. The number of hydrogen-bond donors (Lipinski definition) is 0. The summed E-state index contributed by atoms with van der Waals surface area (Å²) in [5.74, 6) is 0.611. The van der Waals surface area contributed by atoms with E-state index < -0.39 is 0 Å². The molecule has 78 valence electrons. The van der Waals surface area contributed by atoms with Crippen molar-refractivity contribution in [3.05, 3.63) is 28.7 Å². The number of amides is 1. The first-order chi connectivity index (χ1) is 7.27. The Morgan fingerprint density at radius 2 is 2.07 bits per heavy atom. The zero-order valence-electron chi connectivity index (χ0n) is 8.32. The smallest absolute Gasteiger partial charge is 0.230 e. The number of fused-ring (bicyclic) bond motifs is 2. The third-order valence-corrected chi connectivity index (χ3v) is 4.14. The molecule has 1 saturated heterocycles. The number of para-hydroxylation sites is 1. The molecule has 2 bridgehead atoms. The van der Waals surface area contributed by atoms with Gasteiger partial charge >= 0.3 is 0 Å². The molecule has 0 spiro atoms. The Hall–Kier alpha value is -0.830. The van der Waals surface area contributed by atoms with E-state index in [1.165, 1.54) is 0 Å². The summed E-state index contributed by atoms with van der Waals surface area (Å²) in [6.45, 7) is 0. The van der Waals surface area contributed by atoms with E-state index in [1.54, 1.807) is 0 Å². The van der Waals surface area contributed by atoms with Gasteiger partial charge in [-0.2, -0.15) is 0 Å². The topological polar surface area (TPSA) is 20.3 Å². The first kappa shape index (κ1) is 9.40. The van der Waals surface area contributed by atoms with Gasteiger partial charge in [-0.25, -0.2) is 0 Å². The largest absolute Gasteiger partial charge is 0.308 e. The molecule has 1 amide bonds. The minimum atomic E-state index is 0.294. The maximum absolute atomic E-state index is 12.0. The molecule has 2 fully saturated rings. The second-order valence-electron chi connectivity index (χ2n) is 4.32. The van der Waals surface area contributed by atoms with Crippen molar-refractivity contribution in [2.24, 2.45) is 5.92 Å². The van der Waals surface area contributed by atoms with Crippen LogP contribution in [0.5, 0.6) is 0 Å². The lowest BCUT2D eigenvalue weighted by molar-refractivity contribution is -0.121. The van der Waals surface area contributed by atoms with Crippen molar-refractivity contribution in [3.63, 3.8) is 0 Å². The van der Waals surface area contributed by atoms with E-state index in [1.807, 2.05) is 29.2 Å². The molecule has 15 heavy (non-hydrogen) atoms. The van der Waals surface area contributed by atoms with E-state index in [0.29, 0.717) is 17.9 Å². The van der Waals surface area contributed by atoms with Crippen molar-refractivity contribution in [3.8, 4) is 0 Å². The molecule has 2 atom stereocenters. The molecule has 2 aliphatic rings. The fraction of sp³-hybridized carbons (Fsp3) is 0.417. The van der Waals surface area contributed by atoms with Crippen LogP contribution >= 0.6 is 15.9 Å². The molecular weight excluding hydrogens is 254 g/mol. The van der Waals surface area contributed by atoms with Gasteiger partial charge in [0.05, 0.1) is 5.69 Å². The van der Waals surface area contributed by atoms with Crippen LogP contribution in [0.15, 0.2) is 28.7 Å². The number of rotatable bonds is 1. The Kier molecular flexibility index (Phi) is 2.09. The van der Waals surface area contributed by atoms with Gasteiger partial charge < -0.3 is 4.90 Å². The van der Waals surface area contributed by atoms with Gasteiger partial charge in [0.15, 0.2) is 0 Å². The van der Waals surface area contributed by atoms with Crippen LogP contribution in [0.25, 0.3) is 0 Å². The van der Waals surface area contributed by atoms with Crippen LogP contribution in [-0.4, -0.2) is 11.9 Å². The van der Waals surface area contributed by atoms with Gasteiger partial charge in [-0.15, -0.1) is 0 Å². The Labute approximate surface area is 97.4 Å². The maximum atomic E-state index is 12.0. The van der Waals surface area contributed by atoms with Crippen LogP contribution in [0.4, 0.5) is 5.69 Å². The Morgan fingerprint density at radius 3 is 2.73 bits per heavy atom. The molecule has 1 aliphatic heterocycles. The number of carbonyl (C=O) groups is 1. The van der Waals surface area contributed by atoms with Crippen LogP contribution in [0.3, 0.4) is 0 Å². The molecule has 3 rings (SSSR count). The van der Waals surface area contributed by atoms with Crippen molar-refractivity contribution in [1.82, 2.24) is 0 Å². The highest BCUT2D eigenvalue weighted by atomic mass is 79.9. The number of anilines is 1. The monoisotopic (exact) mass is 265 g/mol. The summed E-state index contributed by atoms with van der Waals surface area (Å²) in [6, 6.07) is 8.42. The van der Waals surface area contributed by atoms with Gasteiger partial charge in [0.2, 0.25) is 5.91 Å². The molecule has 2 nitrogen and oxygen atoms in total. The van der Waals surface area contributed by atoms with Crippen molar-refractivity contribution >= 4 is 27.5 Å². The molecular formula is C12H12BrNO. The molecule has 0 aromatic heterocycles. The Bertz CT molecular complexity index is 418. The lowest BCUT2D eigenvalue weighted by atomic mass is 10.1. The third kappa shape index (κ3) is 1.33. The predicted octanol–water partition coefficient (Wildman–Crippen LogP) is 2.96. The zero-order chi connectivity index (χ0) is 10.4. The van der Waals surface area contributed by atoms with Crippen LogP contribution in [0.2, 0.25) is 0 Å². The quantitative estimate of drug-likeness (QED) is 0.765. The third-order valence-electron chi connectivity index (χ3n) is 3.47. The average Bonchev–Trinajstić information content (AvgIpc) is 2.80. The Balaban J connectivity index is 2.02. The molecule has 1 aliphatic carbocycles. The molecule has 1 aromatic carbocycles. The second-order valence-corrected chi connectivity index (χ2v) is 5.18. The fourth-order valence-corrected chi connectivity index (χ4v) is 3.23. The number of benzene rings is 1. The Morgan fingerprint density at radius 1 is 1.27 bits per heavy atom. The number of halogens is 1. The summed E-state index contributed by atoms with van der Waals surface area (Å²) < 4.78 is 1.02. The van der Waals surface area contributed by atoms with Crippen LogP contribution in [0, 0.1) is 5.92 Å². The van der Waals surface area contributed by atoms with Crippen LogP contribution in [0.1, 0.15) is 19.3 Å². The van der Waals surface area contributed by atoms with E-state index >= 15 is 0 Å². The SMILES string of the molecule is O=C1C2CCC(C2)N1c1ccccc1Br. The standard InChI is InChI=1S/C12H12BrNO/c13-10-3-1-2-4-11(10)14-9-6-5-8(7-9)12(14)15/h1-4,8-9H,5-7H2. The highest BCUT2D eigenvalue weighted by molar-refractivity contribution is 9.10. The minimum absolute atomic E-state index is 0.294. The molecule has 2 unspecified atom stereocenters. The summed E-state index contributed by atoms with van der Waals surface area (Å²) in [7, 11) is 0. The maximum Gasteiger partial charge on any atom is 0.230 e. The number of hydrogen-bond acceptors (Lipinski definition) is 1. The van der Waals surface area contributed by atoms with Crippen molar-refractivity contribution in [2.75, 3.05) is 4.90 Å². The van der Waals surface area contributed by atoms with Crippen molar-refractivity contribution in [2.45, 2.75) is 25.3 Å². The average molecular weight is 266 g/mol. The lowest BCUT2D eigenvalue weighted by Gasteiger charge is -2.27. The van der Waals surface area contributed by atoms with Gasteiger partial charge in [-0.3, -0.25) is 4.79 Å². The van der Waals surface area contributed by atoms with E-state index in [2.05, 4.69) is 15.9 Å². The normalized spacial score (nSPS) is 28.9. The molecule has 0 radical (unpaired) electrons. The molecule has 0 N–H and O–H groups in total. The highest BCUT2D eigenvalue weighted by Crippen LogP contribution is 2.43. The van der Waals surface area contributed by atoms with Gasteiger partial charge in [-0.05, 0) is 47.3 Å². The van der Waals surface area contributed by atoms with Gasteiger partial charge in [-0.1, -0.05) is 12.1 Å². The number of carbonyl (C=O) groups excluding carboxylic acids is 1. The summed E-state index contributed by atoms with van der Waals surface area (Å²) in [5, 5.41) is 0.